The third-order valence-electron chi connectivity index (χ3n) is 2.34. The zero-order valence-electron chi connectivity index (χ0n) is 8.27. The molecule has 0 spiro atoms. The molecule has 0 saturated carbocycles. The highest BCUT2D eigenvalue weighted by atomic mass is 16.6. The molecule has 1 amide bonds. The van der Waals surface area contributed by atoms with Crippen LogP contribution in [0, 0.1) is 0 Å². The SMILES string of the molecule is Nc1nonc1C(=O)N1CCCNCC1. The predicted octanol–water partition coefficient (Wildman–Crippen LogP) is -0.913. The summed E-state index contributed by atoms with van der Waals surface area (Å²) in [6, 6.07) is 0. The molecule has 0 aromatic carbocycles. The summed E-state index contributed by atoms with van der Waals surface area (Å²) in [5, 5.41) is 10.1. The second kappa shape index (κ2) is 4.26. The predicted molar refractivity (Wildman–Crippen MR) is 52.1 cm³/mol. The molecule has 3 N–H and O–H groups in total. The van der Waals surface area contributed by atoms with E-state index in [0.717, 1.165) is 19.5 Å². The zero-order valence-corrected chi connectivity index (χ0v) is 8.27. The van der Waals surface area contributed by atoms with Crippen LogP contribution < -0.4 is 11.1 Å². The minimum atomic E-state index is -0.211. The van der Waals surface area contributed by atoms with Gasteiger partial charge in [-0.2, -0.15) is 0 Å². The van der Waals surface area contributed by atoms with E-state index in [4.69, 9.17) is 5.73 Å². The first-order chi connectivity index (χ1) is 7.29. The van der Waals surface area contributed by atoms with Gasteiger partial charge in [0.1, 0.15) is 0 Å². The number of nitrogen functional groups attached to an aromatic ring is 1. The van der Waals surface area contributed by atoms with E-state index in [1.54, 1.807) is 4.90 Å². The number of hydrogen-bond donors (Lipinski definition) is 2. The van der Waals surface area contributed by atoms with Crippen LogP contribution >= 0.6 is 0 Å². The Balaban J connectivity index is 2.09. The van der Waals surface area contributed by atoms with E-state index < -0.39 is 0 Å². The Morgan fingerprint density at radius 2 is 2.27 bits per heavy atom. The van der Waals surface area contributed by atoms with Crippen molar-refractivity contribution in [3.05, 3.63) is 5.69 Å². The van der Waals surface area contributed by atoms with Gasteiger partial charge in [0.05, 0.1) is 0 Å². The summed E-state index contributed by atoms with van der Waals surface area (Å²) >= 11 is 0. The van der Waals surface area contributed by atoms with E-state index in [0.29, 0.717) is 13.1 Å². The Labute approximate surface area is 86.6 Å². The van der Waals surface area contributed by atoms with Crippen LogP contribution in [0.2, 0.25) is 0 Å². The minimum absolute atomic E-state index is 0.0530. The molecule has 1 aliphatic heterocycles. The Morgan fingerprint density at radius 3 is 3.00 bits per heavy atom. The van der Waals surface area contributed by atoms with Crippen LogP contribution in [0.15, 0.2) is 4.63 Å². The molecule has 0 bridgehead atoms. The number of rotatable bonds is 1. The fourth-order valence-corrected chi connectivity index (χ4v) is 1.54. The van der Waals surface area contributed by atoms with Crippen LogP contribution in [0.5, 0.6) is 0 Å². The van der Waals surface area contributed by atoms with E-state index >= 15 is 0 Å². The van der Waals surface area contributed by atoms with Crippen molar-refractivity contribution in [2.24, 2.45) is 0 Å². The molecule has 82 valence electrons. The largest absolute Gasteiger partial charge is 0.379 e. The normalized spacial score (nSPS) is 17.5. The van der Waals surface area contributed by atoms with Crippen LogP contribution in [-0.4, -0.2) is 47.3 Å². The van der Waals surface area contributed by atoms with Crippen molar-refractivity contribution in [3.63, 3.8) is 0 Å². The second-order valence-electron chi connectivity index (χ2n) is 3.39. The lowest BCUT2D eigenvalue weighted by molar-refractivity contribution is 0.0756. The average molecular weight is 211 g/mol. The molecule has 1 fully saturated rings. The summed E-state index contributed by atoms with van der Waals surface area (Å²) < 4.78 is 4.40. The molecule has 1 aromatic heterocycles. The van der Waals surface area contributed by atoms with Crippen LogP contribution in [-0.2, 0) is 0 Å². The van der Waals surface area contributed by atoms with Gasteiger partial charge in [0.15, 0.2) is 0 Å². The van der Waals surface area contributed by atoms with Crippen LogP contribution in [0.25, 0.3) is 0 Å². The van der Waals surface area contributed by atoms with E-state index in [2.05, 4.69) is 20.3 Å². The fourth-order valence-electron chi connectivity index (χ4n) is 1.54. The summed E-state index contributed by atoms with van der Waals surface area (Å²) in [5.74, 6) is -0.158. The zero-order chi connectivity index (χ0) is 10.7. The summed E-state index contributed by atoms with van der Waals surface area (Å²) in [4.78, 5) is 13.6. The highest BCUT2D eigenvalue weighted by molar-refractivity contribution is 5.96. The molecule has 0 radical (unpaired) electrons. The van der Waals surface area contributed by atoms with Crippen molar-refractivity contribution in [2.75, 3.05) is 31.9 Å². The van der Waals surface area contributed by atoms with E-state index in [9.17, 15) is 4.79 Å². The molecule has 7 heteroatoms. The molecule has 1 aromatic rings. The number of carbonyl (C=O) groups excluding carboxylic acids is 1. The minimum Gasteiger partial charge on any atom is -0.379 e. The number of amides is 1. The maximum Gasteiger partial charge on any atom is 0.280 e. The van der Waals surface area contributed by atoms with Crippen molar-refractivity contribution in [1.29, 1.82) is 0 Å². The van der Waals surface area contributed by atoms with Gasteiger partial charge in [0.25, 0.3) is 5.91 Å². The van der Waals surface area contributed by atoms with Gasteiger partial charge in [-0.1, -0.05) is 0 Å². The molecule has 2 rings (SSSR count). The van der Waals surface area contributed by atoms with E-state index in [1.807, 2.05) is 0 Å². The monoisotopic (exact) mass is 211 g/mol. The Hall–Kier alpha value is -1.63. The topological polar surface area (TPSA) is 97.3 Å². The Morgan fingerprint density at radius 1 is 1.40 bits per heavy atom. The summed E-state index contributed by atoms with van der Waals surface area (Å²) in [6.45, 7) is 3.08. The molecule has 1 aliphatic rings. The number of hydrogen-bond acceptors (Lipinski definition) is 6. The van der Waals surface area contributed by atoms with Gasteiger partial charge in [-0.25, -0.2) is 4.63 Å². The van der Waals surface area contributed by atoms with Crippen molar-refractivity contribution >= 4 is 11.7 Å². The smallest absolute Gasteiger partial charge is 0.280 e. The summed E-state index contributed by atoms with van der Waals surface area (Å²) in [6.07, 6.45) is 0.928. The molecule has 0 atom stereocenters. The van der Waals surface area contributed by atoms with Crippen LogP contribution in [0.1, 0.15) is 16.9 Å². The maximum atomic E-state index is 11.9. The van der Waals surface area contributed by atoms with Crippen molar-refractivity contribution < 1.29 is 9.42 Å². The van der Waals surface area contributed by atoms with E-state index in [-0.39, 0.29) is 17.4 Å². The number of nitrogens with two attached hydrogens (primary N) is 1. The lowest BCUT2D eigenvalue weighted by Gasteiger charge is -2.17. The third kappa shape index (κ3) is 2.07. The lowest BCUT2D eigenvalue weighted by atomic mass is 10.3. The molecule has 7 nitrogen and oxygen atoms in total. The van der Waals surface area contributed by atoms with Crippen molar-refractivity contribution in [1.82, 2.24) is 20.5 Å². The van der Waals surface area contributed by atoms with Crippen LogP contribution in [0.3, 0.4) is 0 Å². The first-order valence-electron chi connectivity index (χ1n) is 4.87. The standard InChI is InChI=1S/C8H13N5O2/c9-7-6(11-15-12-7)8(14)13-4-1-2-10-3-5-13/h10H,1-5H2,(H2,9,12). The maximum absolute atomic E-state index is 11.9. The van der Waals surface area contributed by atoms with Gasteiger partial charge in [-0.15, -0.1) is 0 Å². The Kier molecular flexibility index (Phi) is 2.82. The quantitative estimate of drug-likeness (QED) is 0.624. The van der Waals surface area contributed by atoms with Gasteiger partial charge in [0, 0.05) is 19.6 Å². The summed E-state index contributed by atoms with van der Waals surface area (Å²) in [5.41, 5.74) is 5.56. The van der Waals surface area contributed by atoms with Crippen molar-refractivity contribution in [2.45, 2.75) is 6.42 Å². The lowest BCUT2D eigenvalue weighted by Crippen LogP contribution is -2.34. The molecular formula is C8H13N5O2. The Bertz CT molecular complexity index is 343. The van der Waals surface area contributed by atoms with Crippen molar-refractivity contribution in [3.8, 4) is 0 Å². The van der Waals surface area contributed by atoms with Gasteiger partial charge >= 0.3 is 0 Å². The molecule has 15 heavy (non-hydrogen) atoms. The highest BCUT2D eigenvalue weighted by Crippen LogP contribution is 2.09. The number of aromatic nitrogens is 2. The molecule has 1 saturated heterocycles. The summed E-state index contributed by atoms with van der Waals surface area (Å²) in [7, 11) is 0. The second-order valence-corrected chi connectivity index (χ2v) is 3.39. The molecular weight excluding hydrogens is 198 g/mol. The van der Waals surface area contributed by atoms with Gasteiger partial charge in [-0.05, 0) is 23.3 Å². The number of nitrogens with zero attached hydrogens (tertiary/aromatic N) is 3. The number of nitrogens with one attached hydrogen (secondary N) is 1. The third-order valence-corrected chi connectivity index (χ3v) is 2.34. The number of anilines is 1. The first-order valence-corrected chi connectivity index (χ1v) is 4.87. The van der Waals surface area contributed by atoms with Gasteiger partial charge < -0.3 is 16.0 Å². The first kappa shape index (κ1) is 9.91. The van der Waals surface area contributed by atoms with Gasteiger partial charge in [0.2, 0.25) is 11.5 Å². The number of carbonyl (C=O) groups is 1. The van der Waals surface area contributed by atoms with E-state index in [1.165, 1.54) is 0 Å². The molecule has 2 heterocycles. The van der Waals surface area contributed by atoms with Gasteiger partial charge in [-0.3, -0.25) is 4.79 Å². The molecule has 0 aliphatic carbocycles. The van der Waals surface area contributed by atoms with Crippen LogP contribution in [0.4, 0.5) is 5.82 Å². The molecule has 0 unspecified atom stereocenters. The highest BCUT2D eigenvalue weighted by Gasteiger charge is 2.23. The fraction of sp³-hybridized carbons (Fsp3) is 0.625. The average Bonchev–Trinajstić information content (AvgIpc) is 2.53.